The molecule has 1 aromatic rings. The highest BCUT2D eigenvalue weighted by atomic mass is 15.0. The van der Waals surface area contributed by atoms with Gasteiger partial charge in [-0.1, -0.05) is 13.8 Å². The van der Waals surface area contributed by atoms with Crippen LogP contribution in [-0.4, -0.2) is 24.1 Å². The van der Waals surface area contributed by atoms with Crippen molar-refractivity contribution in [3.63, 3.8) is 0 Å². The van der Waals surface area contributed by atoms with Gasteiger partial charge in [0, 0.05) is 12.2 Å². The molecule has 0 amide bonds. The molecule has 0 bridgehead atoms. The molecule has 0 aromatic carbocycles. The molecule has 1 aromatic heterocycles. The number of rotatable bonds is 3. The maximum absolute atomic E-state index is 4.38. The van der Waals surface area contributed by atoms with Gasteiger partial charge in [-0.15, -0.1) is 0 Å². The van der Waals surface area contributed by atoms with Crippen molar-refractivity contribution in [2.24, 2.45) is 0 Å². The molecular weight excluding hydrogens is 198 g/mol. The number of anilines is 1. The Balaban J connectivity index is 2.00. The van der Waals surface area contributed by atoms with E-state index in [0.717, 1.165) is 18.9 Å². The third-order valence-corrected chi connectivity index (χ3v) is 3.14. The van der Waals surface area contributed by atoms with Crippen molar-refractivity contribution in [3.05, 3.63) is 23.9 Å². The molecule has 0 radical (unpaired) electrons. The van der Waals surface area contributed by atoms with Crippen molar-refractivity contribution in [1.29, 1.82) is 0 Å². The van der Waals surface area contributed by atoms with E-state index in [1.165, 1.54) is 18.4 Å². The molecule has 1 saturated heterocycles. The first kappa shape index (κ1) is 11.4. The Bertz CT molecular complexity index is 330. The van der Waals surface area contributed by atoms with Gasteiger partial charge in [0.2, 0.25) is 0 Å². The summed E-state index contributed by atoms with van der Waals surface area (Å²) in [6.07, 6.45) is 4.28. The van der Waals surface area contributed by atoms with Gasteiger partial charge in [0.25, 0.3) is 0 Å². The van der Waals surface area contributed by atoms with Crippen molar-refractivity contribution < 1.29 is 0 Å². The first-order valence-electron chi connectivity index (χ1n) is 6.19. The molecule has 3 nitrogen and oxygen atoms in total. The first-order valence-corrected chi connectivity index (χ1v) is 6.19. The molecule has 88 valence electrons. The number of nitrogens with one attached hydrogen (secondary N) is 2. The lowest BCUT2D eigenvalue weighted by molar-refractivity contribution is 0.478. The van der Waals surface area contributed by atoms with E-state index >= 15 is 0 Å². The Morgan fingerprint density at radius 3 is 2.81 bits per heavy atom. The number of piperidine rings is 1. The Morgan fingerprint density at radius 2 is 2.12 bits per heavy atom. The lowest BCUT2D eigenvalue weighted by atomic mass is 10.0. The van der Waals surface area contributed by atoms with Crippen molar-refractivity contribution in [1.82, 2.24) is 10.3 Å². The molecule has 0 spiro atoms. The summed E-state index contributed by atoms with van der Waals surface area (Å²) >= 11 is 0. The van der Waals surface area contributed by atoms with Crippen LogP contribution in [0.1, 0.15) is 38.2 Å². The van der Waals surface area contributed by atoms with Gasteiger partial charge >= 0.3 is 0 Å². The van der Waals surface area contributed by atoms with Gasteiger partial charge in [0.15, 0.2) is 0 Å². The van der Waals surface area contributed by atoms with Gasteiger partial charge in [-0.2, -0.15) is 0 Å². The number of nitrogens with zero attached hydrogens (tertiary/aromatic N) is 1. The van der Waals surface area contributed by atoms with Crippen LogP contribution in [0.25, 0.3) is 0 Å². The Kier molecular flexibility index (Phi) is 3.78. The van der Waals surface area contributed by atoms with E-state index in [2.05, 4.69) is 41.6 Å². The molecule has 1 aliphatic rings. The number of hydrogen-bond donors (Lipinski definition) is 2. The van der Waals surface area contributed by atoms with E-state index in [0.29, 0.717) is 12.0 Å². The smallest absolute Gasteiger partial charge is 0.126 e. The van der Waals surface area contributed by atoms with Gasteiger partial charge in [0.1, 0.15) is 5.82 Å². The van der Waals surface area contributed by atoms with Crippen LogP contribution in [-0.2, 0) is 0 Å². The summed E-state index contributed by atoms with van der Waals surface area (Å²) in [5, 5.41) is 6.89. The van der Waals surface area contributed by atoms with Crippen molar-refractivity contribution >= 4 is 5.82 Å². The minimum absolute atomic E-state index is 0.566. The van der Waals surface area contributed by atoms with Crippen molar-refractivity contribution in [2.75, 3.05) is 18.4 Å². The van der Waals surface area contributed by atoms with E-state index in [9.17, 15) is 0 Å². The highest BCUT2D eigenvalue weighted by Gasteiger charge is 2.13. The van der Waals surface area contributed by atoms with Crippen LogP contribution in [0, 0.1) is 0 Å². The fraction of sp³-hybridized carbons (Fsp3) is 0.615. The topological polar surface area (TPSA) is 37.0 Å². The normalized spacial score (nSPS) is 17.7. The van der Waals surface area contributed by atoms with E-state index in [1.807, 2.05) is 6.20 Å². The van der Waals surface area contributed by atoms with Crippen LogP contribution in [0.2, 0.25) is 0 Å². The molecular formula is C13H21N3. The Morgan fingerprint density at radius 1 is 1.38 bits per heavy atom. The second-order valence-corrected chi connectivity index (χ2v) is 4.80. The molecule has 0 saturated carbocycles. The predicted molar refractivity (Wildman–Crippen MR) is 67.8 cm³/mol. The van der Waals surface area contributed by atoms with E-state index in [4.69, 9.17) is 0 Å². The minimum atomic E-state index is 0.566. The predicted octanol–water partition coefficient (Wildman–Crippen LogP) is 2.37. The largest absolute Gasteiger partial charge is 0.367 e. The molecule has 0 unspecified atom stereocenters. The Hall–Kier alpha value is -1.09. The lowest BCUT2D eigenvalue weighted by Gasteiger charge is -2.24. The average molecular weight is 219 g/mol. The SMILES string of the molecule is CC(C)c1ccnc(NC2CCNCC2)c1. The van der Waals surface area contributed by atoms with Gasteiger partial charge in [0.05, 0.1) is 0 Å². The van der Waals surface area contributed by atoms with Crippen LogP contribution >= 0.6 is 0 Å². The zero-order valence-electron chi connectivity index (χ0n) is 10.2. The molecule has 2 heterocycles. The fourth-order valence-corrected chi connectivity index (χ4v) is 2.06. The van der Waals surface area contributed by atoms with Crippen LogP contribution in [0.3, 0.4) is 0 Å². The molecule has 2 rings (SSSR count). The average Bonchev–Trinajstić information content (AvgIpc) is 2.30. The number of pyridine rings is 1. The minimum Gasteiger partial charge on any atom is -0.367 e. The highest BCUT2D eigenvalue weighted by Crippen LogP contribution is 2.18. The summed E-state index contributed by atoms with van der Waals surface area (Å²) < 4.78 is 0. The Labute approximate surface area is 97.7 Å². The van der Waals surface area contributed by atoms with E-state index in [-0.39, 0.29) is 0 Å². The van der Waals surface area contributed by atoms with Crippen LogP contribution < -0.4 is 10.6 Å². The first-order chi connectivity index (χ1) is 7.75. The molecule has 1 fully saturated rings. The van der Waals surface area contributed by atoms with E-state index < -0.39 is 0 Å². The summed E-state index contributed by atoms with van der Waals surface area (Å²) in [6, 6.07) is 4.85. The molecule has 2 N–H and O–H groups in total. The van der Waals surface area contributed by atoms with Gasteiger partial charge in [-0.25, -0.2) is 4.98 Å². The number of hydrogen-bond acceptors (Lipinski definition) is 3. The van der Waals surface area contributed by atoms with Crippen LogP contribution in [0.5, 0.6) is 0 Å². The highest BCUT2D eigenvalue weighted by molar-refractivity contribution is 5.39. The molecule has 16 heavy (non-hydrogen) atoms. The van der Waals surface area contributed by atoms with Crippen molar-refractivity contribution in [3.8, 4) is 0 Å². The van der Waals surface area contributed by atoms with Crippen molar-refractivity contribution in [2.45, 2.75) is 38.6 Å². The summed E-state index contributed by atoms with van der Waals surface area (Å²) in [6.45, 7) is 6.65. The molecule has 0 atom stereocenters. The van der Waals surface area contributed by atoms with Crippen LogP contribution in [0.4, 0.5) is 5.82 Å². The standard InChI is InChI=1S/C13H21N3/c1-10(2)11-3-8-15-13(9-11)16-12-4-6-14-7-5-12/h3,8-10,12,14H,4-7H2,1-2H3,(H,15,16). The molecule has 1 aliphatic heterocycles. The second-order valence-electron chi connectivity index (χ2n) is 4.80. The van der Waals surface area contributed by atoms with Gasteiger partial charge in [-0.3, -0.25) is 0 Å². The summed E-state index contributed by atoms with van der Waals surface area (Å²) in [4.78, 5) is 4.38. The second kappa shape index (κ2) is 5.30. The molecule has 0 aliphatic carbocycles. The third-order valence-electron chi connectivity index (χ3n) is 3.14. The lowest BCUT2D eigenvalue weighted by Crippen LogP contribution is -2.35. The zero-order valence-corrected chi connectivity index (χ0v) is 10.2. The third kappa shape index (κ3) is 2.95. The van der Waals surface area contributed by atoms with Gasteiger partial charge in [-0.05, 0) is 49.5 Å². The molecule has 3 heteroatoms. The summed E-state index contributed by atoms with van der Waals surface area (Å²) in [5.41, 5.74) is 1.35. The maximum Gasteiger partial charge on any atom is 0.126 e. The maximum atomic E-state index is 4.38. The van der Waals surface area contributed by atoms with Crippen LogP contribution in [0.15, 0.2) is 18.3 Å². The quantitative estimate of drug-likeness (QED) is 0.819. The summed E-state index contributed by atoms with van der Waals surface area (Å²) in [7, 11) is 0. The van der Waals surface area contributed by atoms with E-state index in [1.54, 1.807) is 0 Å². The summed E-state index contributed by atoms with van der Waals surface area (Å²) in [5.74, 6) is 1.59. The monoisotopic (exact) mass is 219 g/mol. The zero-order chi connectivity index (χ0) is 11.4. The van der Waals surface area contributed by atoms with Gasteiger partial charge < -0.3 is 10.6 Å². The fourth-order valence-electron chi connectivity index (χ4n) is 2.06. The number of aromatic nitrogens is 1.